The van der Waals surface area contributed by atoms with Gasteiger partial charge in [0.25, 0.3) is 5.69 Å². The molecule has 0 amide bonds. The Morgan fingerprint density at radius 1 is 0.318 bits per heavy atom. The molecular formula is C76H100N2O29. The lowest BCUT2D eigenvalue weighted by molar-refractivity contribution is -0.394. The maximum atomic E-state index is 11.3. The van der Waals surface area contributed by atoms with Crippen molar-refractivity contribution in [1.29, 1.82) is 0 Å². The summed E-state index contributed by atoms with van der Waals surface area (Å²) < 4.78 is 138. The molecule has 0 aromatic heterocycles. The number of nitro groups is 2. The normalized spacial score (nSPS) is 11.0. The van der Waals surface area contributed by atoms with Gasteiger partial charge in [0, 0.05) is 38.5 Å². The molecule has 0 heterocycles. The Morgan fingerprint density at radius 3 is 0.944 bits per heavy atom. The van der Waals surface area contributed by atoms with Gasteiger partial charge in [0.2, 0.25) is 0 Å². The second-order valence-electron chi connectivity index (χ2n) is 22.0. The van der Waals surface area contributed by atoms with Crippen molar-refractivity contribution in [3.63, 3.8) is 0 Å². The summed E-state index contributed by atoms with van der Waals surface area (Å²) in [5.41, 5.74) is 1.90. The molecule has 0 saturated heterocycles. The number of benzene rings is 5. The van der Waals surface area contributed by atoms with Crippen LogP contribution in [0.4, 0.5) is 11.4 Å². The first-order valence-corrected chi connectivity index (χ1v) is 34.7. The van der Waals surface area contributed by atoms with E-state index in [1.807, 2.05) is 12.1 Å². The number of hydrogen-bond donors (Lipinski definition) is 1. The lowest BCUT2D eigenvalue weighted by Gasteiger charge is -2.20. The minimum Gasteiger partial charge on any atom is -0.491 e. The molecule has 0 aliphatic rings. The molecule has 0 radical (unpaired) electrons. The third-order valence-corrected chi connectivity index (χ3v) is 14.0. The van der Waals surface area contributed by atoms with Crippen LogP contribution in [0.25, 0.3) is 11.1 Å². The van der Waals surface area contributed by atoms with Crippen LogP contribution in [0.1, 0.15) is 16.7 Å². The third-order valence-electron chi connectivity index (χ3n) is 14.0. The minimum atomic E-state index is -0.749. The molecule has 0 aliphatic carbocycles. The lowest BCUT2D eigenvalue weighted by atomic mass is 10.00. The largest absolute Gasteiger partial charge is 0.491 e. The van der Waals surface area contributed by atoms with E-state index in [0.29, 0.717) is 206 Å². The highest BCUT2D eigenvalue weighted by atomic mass is 16.6. The number of nitrogens with zero attached hydrogens (tertiary/aromatic N) is 2. The Kier molecular flexibility index (Phi) is 48.3. The Morgan fingerprint density at radius 2 is 0.617 bits per heavy atom. The maximum Gasteiger partial charge on any atom is 0.317 e. The first kappa shape index (κ1) is 88.8. The van der Waals surface area contributed by atoms with Crippen molar-refractivity contribution in [1.82, 2.24) is 0 Å². The van der Waals surface area contributed by atoms with E-state index >= 15 is 0 Å². The van der Waals surface area contributed by atoms with Crippen molar-refractivity contribution in [2.24, 2.45) is 0 Å². The second kappa shape index (κ2) is 58.3. The zero-order valence-electron chi connectivity index (χ0n) is 61.0. The van der Waals surface area contributed by atoms with E-state index in [2.05, 4.69) is 17.8 Å². The highest BCUT2D eigenvalue weighted by molar-refractivity contribution is 5.79. The van der Waals surface area contributed by atoms with Crippen molar-refractivity contribution >= 4 is 11.4 Å². The minimum absolute atomic E-state index is 0.00546. The molecule has 31 nitrogen and oxygen atoms in total. The number of rotatable bonds is 68. The van der Waals surface area contributed by atoms with Gasteiger partial charge in [0.05, 0.1) is 213 Å². The summed E-state index contributed by atoms with van der Waals surface area (Å²) in [6.07, 6.45) is 17.0. The molecule has 0 bridgehead atoms. The predicted octanol–water partition coefficient (Wildman–Crippen LogP) is 7.58. The van der Waals surface area contributed by atoms with Gasteiger partial charge in [-0.05, 0) is 76.9 Å². The predicted molar refractivity (Wildman–Crippen MR) is 388 cm³/mol. The number of aliphatic hydroxyl groups is 1. The molecule has 0 spiro atoms. The molecule has 1 N–H and O–H groups in total. The van der Waals surface area contributed by atoms with Gasteiger partial charge >= 0.3 is 5.69 Å². The Balaban J connectivity index is 1.21. The van der Waals surface area contributed by atoms with Crippen molar-refractivity contribution in [3.05, 3.63) is 122 Å². The van der Waals surface area contributed by atoms with E-state index in [1.165, 1.54) is 6.07 Å². The van der Waals surface area contributed by atoms with E-state index < -0.39 is 21.2 Å². The van der Waals surface area contributed by atoms with Crippen molar-refractivity contribution < 1.29 is 129 Å². The summed E-state index contributed by atoms with van der Waals surface area (Å²) in [5.74, 6) is 10.7. The van der Waals surface area contributed by atoms with Crippen LogP contribution in [0.2, 0.25) is 0 Å². The van der Waals surface area contributed by atoms with E-state index in [-0.39, 0.29) is 125 Å². The molecule has 5 rings (SSSR count). The topological polar surface area (TPSA) is 328 Å². The van der Waals surface area contributed by atoms with E-state index in [0.717, 1.165) is 12.1 Å². The van der Waals surface area contributed by atoms with Crippen LogP contribution < -0.4 is 42.6 Å². The zero-order valence-corrected chi connectivity index (χ0v) is 61.0. The van der Waals surface area contributed by atoms with Gasteiger partial charge in [-0.3, -0.25) is 20.2 Å². The molecule has 5 aromatic carbocycles. The fraction of sp³-hybridized carbons (Fsp3) is 0.526. The molecule has 0 fully saturated rings. The second-order valence-corrected chi connectivity index (χ2v) is 22.0. The number of non-ortho nitro benzene ring substituents is 1. The molecular weight excluding hydrogens is 1400 g/mol. The number of aliphatic hydroxyl groups excluding tert-OH is 1. The molecule has 0 atom stereocenters. The maximum absolute atomic E-state index is 11.3. The Hall–Kier alpha value is -8.86. The molecule has 0 aliphatic heterocycles. The van der Waals surface area contributed by atoms with Gasteiger partial charge in [-0.2, -0.15) is 0 Å². The Bertz CT molecular complexity index is 3250. The zero-order chi connectivity index (χ0) is 76.3. The fourth-order valence-electron chi connectivity index (χ4n) is 9.13. The summed E-state index contributed by atoms with van der Waals surface area (Å²) >= 11 is 0. The van der Waals surface area contributed by atoms with E-state index in [9.17, 15) is 25.3 Å². The molecule has 107 heavy (non-hydrogen) atoms. The van der Waals surface area contributed by atoms with Gasteiger partial charge in [-0.1, -0.05) is 17.8 Å². The van der Waals surface area contributed by atoms with Crippen molar-refractivity contribution in [3.8, 4) is 99.9 Å². The highest BCUT2D eigenvalue weighted by Crippen LogP contribution is 2.43. The summed E-state index contributed by atoms with van der Waals surface area (Å²) in [6.45, 7) is 10.2. The standard InChI is InChI=1S/C76H100N2O29/c1-6-11-99-66-46-62(48-68(55-66)101-42-38-95-34-30-91-26-22-88-20-18-86-16-14-84-4)59-106-70-52-64(53-71(57-70)107-60-63-47-67(100-12-7-2)56-69(49-63)102-43-39-96-35-31-92-27-23-89-21-19-87-17-15-85-5)76-74(103-13-8-3)50-61(58-79)51-75(76)105-45-41-98-37-33-94-29-25-90-24-28-93-32-36-97-40-44-104-73-10-9-65(77(80)81)54-72(73)78(82)83/h1-3,9-10,46-57,79H,11-45,58-60H2,4-5H3. The van der Waals surface area contributed by atoms with Gasteiger partial charge in [0.15, 0.2) is 5.75 Å². The number of nitro benzene ring substituents is 2. The van der Waals surface area contributed by atoms with Crippen LogP contribution in [0.15, 0.2) is 84.9 Å². The van der Waals surface area contributed by atoms with Crippen LogP contribution in [-0.4, -0.2) is 260 Å². The molecule has 31 heteroatoms. The van der Waals surface area contributed by atoms with Crippen LogP contribution in [0, 0.1) is 57.3 Å². The quantitative estimate of drug-likeness (QED) is 0.0170. The monoisotopic (exact) mass is 1500 g/mol. The molecule has 0 unspecified atom stereocenters. The average Bonchev–Trinajstić information content (AvgIpc) is 0.789. The number of hydrogen-bond acceptors (Lipinski definition) is 29. The van der Waals surface area contributed by atoms with Crippen molar-refractivity contribution in [2.45, 2.75) is 19.8 Å². The van der Waals surface area contributed by atoms with E-state index in [4.69, 9.17) is 133 Å². The van der Waals surface area contributed by atoms with Crippen LogP contribution in [0.3, 0.4) is 0 Å². The van der Waals surface area contributed by atoms with Gasteiger partial charge in [-0.15, -0.1) is 19.3 Å². The Labute approximate surface area is 624 Å². The average molecular weight is 1510 g/mol. The molecule has 5 aromatic rings. The van der Waals surface area contributed by atoms with Gasteiger partial charge < -0.3 is 119 Å². The first-order valence-electron chi connectivity index (χ1n) is 34.7. The summed E-state index contributed by atoms with van der Waals surface area (Å²) in [5, 5.41) is 32.8. The SMILES string of the molecule is C#CCOc1cc(COc2cc(OCc3cc(OCC#C)cc(OCCOCCOCCOCCOCCOC)c3)cc(-c3c(OCC#C)cc(CO)cc3OCCOCCOCCOCCOCCOCCOc3ccc([N+](=O)[O-])cc3[N+](=O)[O-])c2)cc(OCCOCCOCCOCCOCCOC)c1. The van der Waals surface area contributed by atoms with E-state index in [1.54, 1.807) is 68.8 Å². The smallest absolute Gasteiger partial charge is 0.317 e. The molecule has 0 saturated carbocycles. The summed E-state index contributed by atoms with van der Waals surface area (Å²) in [6, 6.07) is 22.5. The lowest BCUT2D eigenvalue weighted by Crippen LogP contribution is -2.15. The van der Waals surface area contributed by atoms with Gasteiger partial charge in [0.1, 0.15) is 105 Å². The first-order chi connectivity index (χ1) is 52.6. The van der Waals surface area contributed by atoms with Crippen LogP contribution >= 0.6 is 0 Å². The van der Waals surface area contributed by atoms with Crippen LogP contribution in [-0.2, 0) is 90.9 Å². The number of ether oxygens (including phenoxy) is 24. The third kappa shape index (κ3) is 40.1. The fourth-order valence-corrected chi connectivity index (χ4v) is 9.13. The highest BCUT2D eigenvalue weighted by Gasteiger charge is 2.22. The molecule has 588 valence electrons. The number of terminal acetylenes is 3. The van der Waals surface area contributed by atoms with Crippen molar-refractivity contribution in [2.75, 3.05) is 245 Å². The number of methoxy groups -OCH3 is 2. The summed E-state index contributed by atoms with van der Waals surface area (Å²) in [4.78, 5) is 20.8. The van der Waals surface area contributed by atoms with Crippen LogP contribution in [0.5, 0.6) is 51.7 Å². The summed E-state index contributed by atoms with van der Waals surface area (Å²) in [7, 11) is 3.24. The van der Waals surface area contributed by atoms with Gasteiger partial charge in [-0.25, -0.2) is 0 Å².